The smallest absolute Gasteiger partial charge is 0.233 e. The Labute approximate surface area is 113 Å². The maximum atomic E-state index is 12.0. The third-order valence-corrected chi connectivity index (χ3v) is 3.20. The lowest BCUT2D eigenvalue weighted by atomic mass is 9.91. The first kappa shape index (κ1) is 15.0. The van der Waals surface area contributed by atoms with Crippen molar-refractivity contribution in [1.82, 2.24) is 5.32 Å². The van der Waals surface area contributed by atoms with Crippen LogP contribution in [0.4, 0.5) is 0 Å². The molecule has 0 saturated heterocycles. The summed E-state index contributed by atoms with van der Waals surface area (Å²) in [6.45, 7) is 5.73. The summed E-state index contributed by atoms with van der Waals surface area (Å²) in [6.07, 6.45) is 0.989. The molecule has 0 aliphatic heterocycles. The van der Waals surface area contributed by atoms with Gasteiger partial charge in [-0.25, -0.2) is 0 Å². The molecule has 5 heteroatoms. The standard InChI is InChI=1S/C14H21N3O2/c1-4-10-5-7-11(8-6-10)9-16-13(18)14(2,3)12(15)17-19/h5-8,19H,4,9H2,1-3H3,(H2,15,17)(H,16,18). The normalized spacial score (nSPS) is 12.3. The molecule has 0 aromatic heterocycles. The van der Waals surface area contributed by atoms with Crippen LogP contribution in [0.2, 0.25) is 0 Å². The van der Waals surface area contributed by atoms with Gasteiger partial charge in [-0.1, -0.05) is 36.3 Å². The van der Waals surface area contributed by atoms with Gasteiger partial charge in [0.2, 0.25) is 5.91 Å². The molecule has 0 radical (unpaired) electrons. The molecule has 0 unspecified atom stereocenters. The van der Waals surface area contributed by atoms with Crippen LogP contribution in [0, 0.1) is 5.41 Å². The number of amides is 1. The van der Waals surface area contributed by atoms with E-state index in [4.69, 9.17) is 10.9 Å². The minimum Gasteiger partial charge on any atom is -0.409 e. The third kappa shape index (κ3) is 3.71. The number of benzene rings is 1. The zero-order chi connectivity index (χ0) is 14.5. The summed E-state index contributed by atoms with van der Waals surface area (Å²) in [4.78, 5) is 12.0. The van der Waals surface area contributed by atoms with E-state index in [0.717, 1.165) is 12.0 Å². The molecule has 0 fully saturated rings. The van der Waals surface area contributed by atoms with E-state index in [0.29, 0.717) is 6.54 Å². The van der Waals surface area contributed by atoms with E-state index in [-0.39, 0.29) is 11.7 Å². The van der Waals surface area contributed by atoms with Crippen molar-refractivity contribution in [3.63, 3.8) is 0 Å². The average molecular weight is 263 g/mol. The number of oxime groups is 1. The van der Waals surface area contributed by atoms with Gasteiger partial charge in [0.05, 0.1) is 0 Å². The van der Waals surface area contributed by atoms with Crippen LogP contribution in [-0.2, 0) is 17.8 Å². The molecule has 0 bridgehead atoms. The summed E-state index contributed by atoms with van der Waals surface area (Å²) in [5.41, 5.74) is 6.74. The van der Waals surface area contributed by atoms with Crippen LogP contribution in [0.3, 0.4) is 0 Å². The first-order valence-electron chi connectivity index (χ1n) is 6.26. The fourth-order valence-corrected chi connectivity index (χ4v) is 1.54. The zero-order valence-corrected chi connectivity index (χ0v) is 11.6. The highest BCUT2D eigenvalue weighted by atomic mass is 16.4. The van der Waals surface area contributed by atoms with Gasteiger partial charge in [0.15, 0.2) is 5.84 Å². The summed E-state index contributed by atoms with van der Waals surface area (Å²) in [7, 11) is 0. The predicted octanol–water partition coefficient (Wildman–Crippen LogP) is 1.64. The van der Waals surface area contributed by atoms with Crippen molar-refractivity contribution in [3.8, 4) is 0 Å². The number of rotatable bonds is 5. The number of amidine groups is 1. The SMILES string of the molecule is CCc1ccc(CNC(=O)C(C)(C)/C(N)=N/O)cc1. The van der Waals surface area contributed by atoms with Crippen LogP contribution in [0.15, 0.2) is 29.4 Å². The van der Waals surface area contributed by atoms with E-state index >= 15 is 0 Å². The molecule has 4 N–H and O–H groups in total. The summed E-state index contributed by atoms with van der Waals surface area (Å²) >= 11 is 0. The molecule has 1 aromatic rings. The molecule has 1 amide bonds. The lowest BCUT2D eigenvalue weighted by Crippen LogP contribution is -2.45. The van der Waals surface area contributed by atoms with Crippen LogP contribution in [0.25, 0.3) is 0 Å². The van der Waals surface area contributed by atoms with Crippen LogP contribution in [0.5, 0.6) is 0 Å². The molecular formula is C14H21N3O2. The number of aryl methyl sites for hydroxylation is 1. The Morgan fingerprint density at radius 2 is 1.84 bits per heavy atom. The Morgan fingerprint density at radius 3 is 2.32 bits per heavy atom. The van der Waals surface area contributed by atoms with Gasteiger partial charge in [-0.05, 0) is 31.4 Å². The lowest BCUT2D eigenvalue weighted by molar-refractivity contribution is -0.126. The van der Waals surface area contributed by atoms with Crippen LogP contribution >= 0.6 is 0 Å². The second-order valence-electron chi connectivity index (χ2n) is 4.96. The summed E-state index contributed by atoms with van der Waals surface area (Å²) in [5, 5.41) is 14.3. The summed E-state index contributed by atoms with van der Waals surface area (Å²) in [5.74, 6) is -0.381. The molecule has 104 valence electrons. The number of carbonyl (C=O) groups excluding carboxylic acids is 1. The molecule has 0 heterocycles. The highest BCUT2D eigenvalue weighted by Crippen LogP contribution is 2.15. The number of hydrogen-bond donors (Lipinski definition) is 3. The van der Waals surface area contributed by atoms with E-state index in [9.17, 15) is 4.79 Å². The lowest BCUT2D eigenvalue weighted by Gasteiger charge is -2.21. The van der Waals surface area contributed by atoms with E-state index in [1.54, 1.807) is 13.8 Å². The Bertz CT molecular complexity index is 464. The third-order valence-electron chi connectivity index (χ3n) is 3.20. The molecule has 0 saturated carbocycles. The molecule has 1 aromatic carbocycles. The van der Waals surface area contributed by atoms with E-state index in [2.05, 4.69) is 17.4 Å². The molecule has 1 rings (SSSR count). The number of nitrogens with two attached hydrogens (primary N) is 1. The molecule has 0 atom stereocenters. The van der Waals surface area contributed by atoms with Crippen molar-refractivity contribution in [3.05, 3.63) is 35.4 Å². The van der Waals surface area contributed by atoms with Crippen molar-refractivity contribution < 1.29 is 10.0 Å². The van der Waals surface area contributed by atoms with Gasteiger partial charge in [0.1, 0.15) is 5.41 Å². The Kier molecular flexibility index (Phi) is 4.92. The summed E-state index contributed by atoms with van der Waals surface area (Å²) in [6, 6.07) is 8.04. The van der Waals surface area contributed by atoms with Crippen molar-refractivity contribution in [1.29, 1.82) is 0 Å². The van der Waals surface area contributed by atoms with Gasteiger partial charge < -0.3 is 16.3 Å². The van der Waals surface area contributed by atoms with Gasteiger partial charge in [-0.2, -0.15) is 0 Å². The van der Waals surface area contributed by atoms with Gasteiger partial charge in [0.25, 0.3) is 0 Å². The van der Waals surface area contributed by atoms with E-state index in [1.807, 2.05) is 24.3 Å². The molecule has 0 spiro atoms. The van der Waals surface area contributed by atoms with Crippen LogP contribution < -0.4 is 11.1 Å². The fraction of sp³-hybridized carbons (Fsp3) is 0.429. The quantitative estimate of drug-likeness (QED) is 0.326. The maximum Gasteiger partial charge on any atom is 0.233 e. The first-order valence-corrected chi connectivity index (χ1v) is 6.26. The molecule has 19 heavy (non-hydrogen) atoms. The summed E-state index contributed by atoms with van der Waals surface area (Å²) < 4.78 is 0. The topological polar surface area (TPSA) is 87.7 Å². The second kappa shape index (κ2) is 6.22. The van der Waals surface area contributed by atoms with E-state index < -0.39 is 5.41 Å². The van der Waals surface area contributed by atoms with Crippen LogP contribution in [0.1, 0.15) is 31.9 Å². The van der Waals surface area contributed by atoms with Gasteiger partial charge >= 0.3 is 0 Å². The minimum absolute atomic E-state index is 0.105. The first-order chi connectivity index (χ1) is 8.91. The van der Waals surface area contributed by atoms with Crippen molar-refractivity contribution in [2.24, 2.45) is 16.3 Å². The van der Waals surface area contributed by atoms with Gasteiger partial charge in [-0.3, -0.25) is 4.79 Å². The Morgan fingerprint density at radius 1 is 1.32 bits per heavy atom. The van der Waals surface area contributed by atoms with Gasteiger partial charge in [-0.15, -0.1) is 0 Å². The maximum absolute atomic E-state index is 12.0. The Balaban J connectivity index is 2.63. The van der Waals surface area contributed by atoms with E-state index in [1.165, 1.54) is 5.56 Å². The van der Waals surface area contributed by atoms with Crippen molar-refractivity contribution >= 4 is 11.7 Å². The molecular weight excluding hydrogens is 242 g/mol. The number of carbonyl (C=O) groups is 1. The Hall–Kier alpha value is -2.04. The fourth-order valence-electron chi connectivity index (χ4n) is 1.54. The number of nitrogens with zero attached hydrogens (tertiary/aromatic N) is 1. The molecule has 0 aliphatic carbocycles. The number of hydrogen-bond acceptors (Lipinski definition) is 3. The zero-order valence-electron chi connectivity index (χ0n) is 11.6. The average Bonchev–Trinajstić information content (AvgIpc) is 2.44. The highest BCUT2D eigenvalue weighted by molar-refractivity contribution is 6.05. The second-order valence-corrected chi connectivity index (χ2v) is 4.96. The number of nitrogens with one attached hydrogen (secondary N) is 1. The predicted molar refractivity (Wildman–Crippen MR) is 74.9 cm³/mol. The van der Waals surface area contributed by atoms with Crippen molar-refractivity contribution in [2.45, 2.75) is 33.7 Å². The minimum atomic E-state index is -1.03. The monoisotopic (exact) mass is 263 g/mol. The largest absolute Gasteiger partial charge is 0.409 e. The van der Waals surface area contributed by atoms with Crippen LogP contribution in [-0.4, -0.2) is 17.0 Å². The van der Waals surface area contributed by atoms with Gasteiger partial charge in [0, 0.05) is 6.54 Å². The molecule has 0 aliphatic rings. The highest BCUT2D eigenvalue weighted by Gasteiger charge is 2.32. The van der Waals surface area contributed by atoms with Crippen molar-refractivity contribution in [2.75, 3.05) is 0 Å². The molecule has 5 nitrogen and oxygen atoms in total.